The van der Waals surface area contributed by atoms with E-state index in [4.69, 9.17) is 0 Å². The number of rotatable bonds is 12. The number of hydrogen-bond acceptors (Lipinski definition) is 3. The highest BCUT2D eigenvalue weighted by Gasteiger charge is 2.91. The molecule has 3 nitrogen and oxygen atoms in total. The summed E-state index contributed by atoms with van der Waals surface area (Å²) >= 11 is 0. The average molecular weight is 496 g/mol. The Morgan fingerprint density at radius 1 is 0.533 bits per heavy atom. The lowest BCUT2D eigenvalue weighted by atomic mass is 9.94. The van der Waals surface area contributed by atoms with Gasteiger partial charge in [-0.15, -0.1) is 0 Å². The molecule has 30 heavy (non-hydrogen) atoms. The molecule has 0 aromatic heterocycles. The molecule has 0 spiro atoms. The van der Waals surface area contributed by atoms with Gasteiger partial charge in [0.05, 0.1) is 0 Å². The average Bonchev–Trinajstić information content (AvgIpc) is 2.59. The van der Waals surface area contributed by atoms with Crippen LogP contribution in [0.5, 0.6) is 0 Å². The van der Waals surface area contributed by atoms with Gasteiger partial charge < -0.3 is 13.3 Å². The molecular formula is C13H17F13O3Si. The second kappa shape index (κ2) is 8.97. The zero-order valence-electron chi connectivity index (χ0n) is 15.5. The minimum absolute atomic E-state index is 0.245. The second-order valence-corrected chi connectivity index (χ2v) is 8.96. The first-order chi connectivity index (χ1) is 13.1. The Morgan fingerprint density at radius 2 is 0.900 bits per heavy atom. The first kappa shape index (κ1) is 29.2. The highest BCUT2D eigenvalue weighted by Crippen LogP contribution is 2.59. The van der Waals surface area contributed by atoms with Crippen molar-refractivity contribution in [3.63, 3.8) is 0 Å². The van der Waals surface area contributed by atoms with Crippen LogP contribution >= 0.6 is 0 Å². The zero-order valence-corrected chi connectivity index (χ0v) is 16.5. The van der Waals surface area contributed by atoms with E-state index >= 15 is 0 Å². The van der Waals surface area contributed by atoms with E-state index in [0.717, 1.165) is 0 Å². The Labute approximate surface area is 162 Å². The third kappa shape index (κ3) is 4.82. The van der Waals surface area contributed by atoms with Gasteiger partial charge in [-0.25, -0.2) is 0 Å². The van der Waals surface area contributed by atoms with Crippen LogP contribution in [-0.2, 0) is 13.3 Å². The van der Waals surface area contributed by atoms with Crippen molar-refractivity contribution in [1.29, 1.82) is 0 Å². The van der Waals surface area contributed by atoms with Crippen LogP contribution in [0, 0.1) is 0 Å². The van der Waals surface area contributed by atoms with Gasteiger partial charge in [-0.2, -0.15) is 57.1 Å². The van der Waals surface area contributed by atoms with Crippen LogP contribution in [0.25, 0.3) is 0 Å². The van der Waals surface area contributed by atoms with Gasteiger partial charge in [0, 0.05) is 34.2 Å². The fourth-order valence-corrected chi connectivity index (χ4v) is 4.09. The second-order valence-electron chi connectivity index (χ2n) is 5.99. The number of hydrogen-bond donors (Lipinski definition) is 0. The molecule has 0 atom stereocenters. The summed E-state index contributed by atoms with van der Waals surface area (Å²) in [6.45, 7) is 0. The standard InChI is InChI=1S/C13H17F13O3Si/c1-27-30(28-2,29-3)13(25,26)12(23,24)11(21,22)10(19,20)8(14,15)6-4-5-7-9(16,17)18/h4-7H2,1-3H3. The molecule has 0 rings (SSSR count). The molecule has 0 aliphatic carbocycles. The van der Waals surface area contributed by atoms with E-state index < -0.39 is 69.9 Å². The van der Waals surface area contributed by atoms with Crippen molar-refractivity contribution in [2.45, 2.75) is 61.1 Å². The molecule has 0 saturated carbocycles. The maximum Gasteiger partial charge on any atom is 0.581 e. The molecule has 0 aromatic rings. The molecule has 0 radical (unpaired) electrons. The maximum absolute atomic E-state index is 14.1. The van der Waals surface area contributed by atoms with E-state index in [1.54, 1.807) is 0 Å². The monoisotopic (exact) mass is 496 g/mol. The Bertz CT molecular complexity index is 553. The first-order valence-electron chi connectivity index (χ1n) is 7.75. The Hall–Kier alpha value is -0.813. The minimum Gasteiger partial charge on any atom is -0.373 e. The van der Waals surface area contributed by atoms with Crippen LogP contribution in [0.2, 0.25) is 0 Å². The minimum atomic E-state index is -7.40. The van der Waals surface area contributed by atoms with Gasteiger partial charge in [-0.05, 0) is 12.8 Å². The molecular weight excluding hydrogens is 479 g/mol. The number of unbranched alkanes of at least 4 members (excludes halogenated alkanes) is 1. The normalized spacial score (nSPS) is 15.6. The van der Waals surface area contributed by atoms with Gasteiger partial charge in [0.2, 0.25) is 0 Å². The fourth-order valence-electron chi connectivity index (χ4n) is 2.28. The van der Waals surface area contributed by atoms with Crippen LogP contribution in [-0.4, -0.2) is 65.5 Å². The lowest BCUT2D eigenvalue weighted by Crippen LogP contribution is -2.75. The van der Waals surface area contributed by atoms with Crippen molar-refractivity contribution in [1.82, 2.24) is 0 Å². The van der Waals surface area contributed by atoms with Gasteiger partial charge >= 0.3 is 44.2 Å². The third-order valence-electron chi connectivity index (χ3n) is 4.03. The number of alkyl halides is 13. The van der Waals surface area contributed by atoms with Crippen molar-refractivity contribution >= 4 is 8.80 Å². The summed E-state index contributed by atoms with van der Waals surface area (Å²) in [5, 5.41) is 0. The van der Waals surface area contributed by atoms with Gasteiger partial charge in [-0.3, -0.25) is 0 Å². The van der Waals surface area contributed by atoms with Crippen LogP contribution in [0.15, 0.2) is 0 Å². The van der Waals surface area contributed by atoms with Crippen LogP contribution in [0.3, 0.4) is 0 Å². The molecule has 0 N–H and O–H groups in total. The van der Waals surface area contributed by atoms with Crippen molar-refractivity contribution in [2.24, 2.45) is 0 Å². The maximum atomic E-state index is 14.1. The van der Waals surface area contributed by atoms with Gasteiger partial charge in [0.1, 0.15) is 0 Å². The topological polar surface area (TPSA) is 27.7 Å². The Balaban J connectivity index is 5.98. The van der Waals surface area contributed by atoms with Crippen LogP contribution < -0.4 is 0 Å². The van der Waals surface area contributed by atoms with Crippen molar-refractivity contribution < 1.29 is 70.4 Å². The highest BCUT2D eigenvalue weighted by atomic mass is 28.4. The van der Waals surface area contributed by atoms with Crippen molar-refractivity contribution in [3.05, 3.63) is 0 Å². The van der Waals surface area contributed by atoms with Gasteiger partial charge in [0.25, 0.3) is 0 Å². The molecule has 0 saturated heterocycles. The first-order valence-corrected chi connectivity index (χ1v) is 9.48. The van der Waals surface area contributed by atoms with Crippen LogP contribution in [0.1, 0.15) is 25.7 Å². The molecule has 0 aliphatic heterocycles. The predicted molar refractivity (Wildman–Crippen MR) is 76.0 cm³/mol. The summed E-state index contributed by atoms with van der Waals surface area (Å²) in [6, 6.07) is 0. The largest absolute Gasteiger partial charge is 0.581 e. The predicted octanol–water partition coefficient (Wildman–Crippen LogP) is 5.70. The van der Waals surface area contributed by atoms with Crippen LogP contribution in [0.4, 0.5) is 57.1 Å². The lowest BCUT2D eigenvalue weighted by Gasteiger charge is -2.42. The lowest BCUT2D eigenvalue weighted by molar-refractivity contribution is -0.396. The highest BCUT2D eigenvalue weighted by molar-refractivity contribution is 6.63. The van der Waals surface area contributed by atoms with Crippen molar-refractivity contribution in [3.8, 4) is 0 Å². The summed E-state index contributed by atoms with van der Waals surface area (Å²) in [4.78, 5) is 0. The molecule has 0 fully saturated rings. The smallest absolute Gasteiger partial charge is 0.373 e. The van der Waals surface area contributed by atoms with Crippen molar-refractivity contribution in [2.75, 3.05) is 21.3 Å². The van der Waals surface area contributed by atoms with E-state index in [9.17, 15) is 57.1 Å². The molecule has 0 bridgehead atoms. The van der Waals surface area contributed by atoms with E-state index in [1.165, 1.54) is 0 Å². The van der Waals surface area contributed by atoms with E-state index in [0.29, 0.717) is 0 Å². The summed E-state index contributed by atoms with van der Waals surface area (Å²) in [6.07, 6.45) is -11.7. The fraction of sp³-hybridized carbons (Fsp3) is 1.00. The number of halogens is 13. The zero-order chi connectivity index (χ0) is 24.4. The van der Waals surface area contributed by atoms with E-state index in [-0.39, 0.29) is 21.3 Å². The summed E-state index contributed by atoms with van der Waals surface area (Å²) < 4.78 is 186. The molecule has 17 heteroatoms. The Morgan fingerprint density at radius 3 is 1.23 bits per heavy atom. The molecule has 0 heterocycles. The third-order valence-corrected chi connectivity index (χ3v) is 6.73. The van der Waals surface area contributed by atoms with Gasteiger partial charge in [-0.1, -0.05) is 0 Å². The molecule has 182 valence electrons. The van der Waals surface area contributed by atoms with E-state index in [1.807, 2.05) is 0 Å². The molecule has 0 aromatic carbocycles. The summed E-state index contributed by atoms with van der Waals surface area (Å²) in [7, 11) is -5.41. The molecule has 0 unspecified atom stereocenters. The summed E-state index contributed by atoms with van der Waals surface area (Å²) in [5.41, 5.74) is -6.32. The Kier molecular flexibility index (Phi) is 8.73. The van der Waals surface area contributed by atoms with Gasteiger partial charge in [0.15, 0.2) is 0 Å². The SMILES string of the molecule is CO[Si](OC)(OC)C(F)(F)C(F)(F)C(F)(F)C(F)(F)C(F)(F)CCCCC(F)(F)F. The summed E-state index contributed by atoms with van der Waals surface area (Å²) in [5.74, 6) is -27.8. The quantitative estimate of drug-likeness (QED) is 0.197. The van der Waals surface area contributed by atoms with E-state index in [2.05, 4.69) is 13.3 Å². The molecule has 0 aliphatic rings. The molecule has 0 amide bonds.